The maximum absolute atomic E-state index is 12.9. The van der Waals surface area contributed by atoms with Gasteiger partial charge in [0.15, 0.2) is 0 Å². The highest BCUT2D eigenvalue weighted by Crippen LogP contribution is 2.64. The highest BCUT2D eigenvalue weighted by atomic mass is 16.1. The van der Waals surface area contributed by atoms with E-state index in [4.69, 9.17) is 0 Å². The zero-order chi connectivity index (χ0) is 15.7. The molecule has 22 heavy (non-hydrogen) atoms. The third-order valence-corrected chi connectivity index (χ3v) is 8.00. The van der Waals surface area contributed by atoms with E-state index in [-0.39, 0.29) is 28.6 Å². The number of hydrogen-bond donors (Lipinski definition) is 0. The average Bonchev–Trinajstić information content (AvgIpc) is 2.77. The summed E-state index contributed by atoms with van der Waals surface area (Å²) in [6.45, 7) is 4.43. The first-order valence-electron chi connectivity index (χ1n) is 8.94. The Morgan fingerprint density at radius 1 is 0.909 bits per heavy atom. The van der Waals surface area contributed by atoms with Crippen molar-refractivity contribution in [1.82, 2.24) is 0 Å². The Labute approximate surface area is 132 Å². The molecule has 6 atom stereocenters. The van der Waals surface area contributed by atoms with Crippen LogP contribution in [0.25, 0.3) is 0 Å². The van der Waals surface area contributed by atoms with Gasteiger partial charge in [-0.1, -0.05) is 13.8 Å². The van der Waals surface area contributed by atoms with Crippen molar-refractivity contribution in [3.63, 3.8) is 0 Å². The lowest BCUT2D eigenvalue weighted by Crippen LogP contribution is -2.57. The molecule has 0 aromatic carbocycles. The maximum atomic E-state index is 12.9. The van der Waals surface area contributed by atoms with Crippen LogP contribution in [0.4, 0.5) is 0 Å². The van der Waals surface area contributed by atoms with Crippen molar-refractivity contribution >= 4 is 17.3 Å². The molecule has 120 valence electrons. The molecule has 0 spiro atoms. The number of ketones is 3. The monoisotopic (exact) mass is 302 g/mol. The van der Waals surface area contributed by atoms with E-state index in [9.17, 15) is 14.4 Å². The van der Waals surface area contributed by atoms with Crippen molar-refractivity contribution in [1.29, 1.82) is 0 Å². The fraction of sp³-hybridized carbons (Fsp3) is 0.842. The molecule has 0 bridgehead atoms. The van der Waals surface area contributed by atoms with Crippen molar-refractivity contribution in [3.05, 3.63) is 0 Å². The van der Waals surface area contributed by atoms with E-state index in [1.54, 1.807) is 0 Å². The third-order valence-electron chi connectivity index (χ3n) is 8.00. The van der Waals surface area contributed by atoms with E-state index in [0.717, 1.165) is 25.7 Å². The number of carbonyl (C=O) groups excluding carboxylic acids is 3. The van der Waals surface area contributed by atoms with Gasteiger partial charge >= 0.3 is 0 Å². The summed E-state index contributed by atoms with van der Waals surface area (Å²) in [5, 5.41) is 0. The van der Waals surface area contributed by atoms with Gasteiger partial charge in [0, 0.05) is 37.0 Å². The molecule has 0 radical (unpaired) electrons. The van der Waals surface area contributed by atoms with Crippen molar-refractivity contribution in [2.45, 2.75) is 65.2 Å². The Morgan fingerprint density at radius 3 is 2.45 bits per heavy atom. The van der Waals surface area contributed by atoms with E-state index in [1.165, 1.54) is 0 Å². The van der Waals surface area contributed by atoms with E-state index in [2.05, 4.69) is 13.8 Å². The first kappa shape index (κ1) is 14.6. The van der Waals surface area contributed by atoms with Gasteiger partial charge in [0.1, 0.15) is 17.3 Å². The van der Waals surface area contributed by atoms with Crippen LogP contribution < -0.4 is 0 Å². The predicted molar refractivity (Wildman–Crippen MR) is 82.1 cm³/mol. The van der Waals surface area contributed by atoms with Gasteiger partial charge in [-0.15, -0.1) is 0 Å². The lowest BCUT2D eigenvalue weighted by molar-refractivity contribution is -0.158. The van der Waals surface area contributed by atoms with Crippen LogP contribution in [0, 0.1) is 34.5 Å². The Hall–Kier alpha value is -0.990. The van der Waals surface area contributed by atoms with Gasteiger partial charge < -0.3 is 0 Å². The maximum Gasteiger partial charge on any atom is 0.139 e. The van der Waals surface area contributed by atoms with Crippen LogP contribution in [0.1, 0.15) is 65.2 Å². The van der Waals surface area contributed by atoms with E-state index in [0.29, 0.717) is 49.0 Å². The molecule has 3 nitrogen and oxygen atoms in total. The van der Waals surface area contributed by atoms with Gasteiger partial charge in [-0.3, -0.25) is 14.4 Å². The lowest BCUT2D eigenvalue weighted by Gasteiger charge is -2.58. The highest BCUT2D eigenvalue weighted by Gasteiger charge is 2.62. The zero-order valence-corrected chi connectivity index (χ0v) is 13.7. The first-order valence-corrected chi connectivity index (χ1v) is 8.94. The molecule has 4 saturated carbocycles. The minimum atomic E-state index is -0.246. The summed E-state index contributed by atoms with van der Waals surface area (Å²) in [5.74, 6) is 2.08. The summed E-state index contributed by atoms with van der Waals surface area (Å²) in [6.07, 6.45) is 6.32. The number of rotatable bonds is 0. The molecule has 4 aliphatic carbocycles. The summed E-state index contributed by atoms with van der Waals surface area (Å²) in [6, 6.07) is 0. The molecular formula is C19H26O3. The van der Waals surface area contributed by atoms with Crippen LogP contribution in [-0.2, 0) is 14.4 Å². The molecule has 0 unspecified atom stereocenters. The molecule has 0 N–H and O–H groups in total. The summed E-state index contributed by atoms with van der Waals surface area (Å²) >= 11 is 0. The first-order chi connectivity index (χ1) is 10.4. The fourth-order valence-corrected chi connectivity index (χ4v) is 6.50. The lowest BCUT2D eigenvalue weighted by atomic mass is 9.45. The Bertz CT molecular complexity index is 565. The number of hydrogen-bond acceptors (Lipinski definition) is 3. The molecular weight excluding hydrogens is 276 g/mol. The van der Waals surface area contributed by atoms with Gasteiger partial charge in [-0.2, -0.15) is 0 Å². The summed E-state index contributed by atoms with van der Waals surface area (Å²) in [5.41, 5.74) is -0.107. The van der Waals surface area contributed by atoms with Gasteiger partial charge in [-0.25, -0.2) is 0 Å². The van der Waals surface area contributed by atoms with Crippen molar-refractivity contribution in [3.8, 4) is 0 Å². The van der Waals surface area contributed by atoms with E-state index >= 15 is 0 Å². The second-order valence-corrected chi connectivity index (χ2v) is 8.77. The minimum Gasteiger partial charge on any atom is -0.300 e. The normalized spacial score (nSPS) is 51.3. The summed E-state index contributed by atoms with van der Waals surface area (Å²) in [7, 11) is 0. The van der Waals surface area contributed by atoms with Crippen molar-refractivity contribution in [2.75, 3.05) is 0 Å². The molecule has 4 aliphatic rings. The number of fused-ring (bicyclic) bond motifs is 5. The fourth-order valence-electron chi connectivity index (χ4n) is 6.50. The largest absolute Gasteiger partial charge is 0.300 e. The molecule has 3 heteroatoms. The molecule has 0 aromatic rings. The number of carbonyl (C=O) groups is 3. The molecule has 0 aliphatic heterocycles. The quantitative estimate of drug-likeness (QED) is 0.689. The molecule has 0 saturated heterocycles. The van der Waals surface area contributed by atoms with Gasteiger partial charge in [0.25, 0.3) is 0 Å². The third kappa shape index (κ3) is 1.71. The molecule has 0 amide bonds. The van der Waals surface area contributed by atoms with Crippen LogP contribution in [0.15, 0.2) is 0 Å². The van der Waals surface area contributed by atoms with Crippen LogP contribution >= 0.6 is 0 Å². The standard InChI is InChI=1S/C19H26O3/c1-18-7-5-12(20)9-11(18)10-15(21)17-13-3-4-16(22)19(13,2)8-6-14(17)18/h11,13-14,17H,3-10H2,1-2H3/t11-,13+,14-,17-,18+,19+/m0/s1. The van der Waals surface area contributed by atoms with Gasteiger partial charge in [0.2, 0.25) is 0 Å². The van der Waals surface area contributed by atoms with Crippen LogP contribution in [0.5, 0.6) is 0 Å². The average molecular weight is 302 g/mol. The topological polar surface area (TPSA) is 51.2 Å². The second-order valence-electron chi connectivity index (χ2n) is 8.77. The van der Waals surface area contributed by atoms with Crippen molar-refractivity contribution < 1.29 is 14.4 Å². The van der Waals surface area contributed by atoms with Crippen LogP contribution in [-0.4, -0.2) is 17.3 Å². The molecule has 4 fully saturated rings. The van der Waals surface area contributed by atoms with Crippen LogP contribution in [0.2, 0.25) is 0 Å². The highest BCUT2D eigenvalue weighted by molar-refractivity contribution is 5.91. The van der Waals surface area contributed by atoms with E-state index < -0.39 is 0 Å². The Morgan fingerprint density at radius 2 is 1.68 bits per heavy atom. The van der Waals surface area contributed by atoms with E-state index in [1.807, 2.05) is 0 Å². The summed E-state index contributed by atoms with van der Waals surface area (Å²) in [4.78, 5) is 37.1. The molecule has 0 aromatic heterocycles. The SMILES string of the molecule is C[C@@]12CCC(=O)C[C@H]1CC(=O)[C@H]1[C@H]3CCC(=O)[C@]3(C)CC[C@@H]12. The molecule has 0 heterocycles. The smallest absolute Gasteiger partial charge is 0.139 e. The predicted octanol–water partition coefficient (Wildman–Crippen LogP) is 3.35. The minimum absolute atomic E-state index is 0.0830. The Balaban J connectivity index is 1.72. The second kappa shape index (κ2) is 4.52. The van der Waals surface area contributed by atoms with Crippen molar-refractivity contribution in [2.24, 2.45) is 34.5 Å². The van der Waals surface area contributed by atoms with Crippen LogP contribution in [0.3, 0.4) is 0 Å². The number of Topliss-reactive ketones (excluding diaryl/α,β-unsaturated/α-hetero) is 3. The summed E-state index contributed by atoms with van der Waals surface area (Å²) < 4.78 is 0. The Kier molecular flexibility index (Phi) is 3.00. The van der Waals surface area contributed by atoms with Gasteiger partial charge in [-0.05, 0) is 48.9 Å². The molecule has 4 rings (SSSR count). The zero-order valence-electron chi connectivity index (χ0n) is 13.7. The van der Waals surface area contributed by atoms with Gasteiger partial charge in [0.05, 0.1) is 0 Å².